The minimum Gasteiger partial charge on any atom is -0.298 e. The number of fused-ring (bicyclic) bond motifs is 1. The van der Waals surface area contributed by atoms with Gasteiger partial charge in [-0.15, -0.1) is 0 Å². The van der Waals surface area contributed by atoms with Gasteiger partial charge in [0.05, 0.1) is 15.9 Å². The van der Waals surface area contributed by atoms with Crippen molar-refractivity contribution in [3.8, 4) is 0 Å². The highest BCUT2D eigenvalue weighted by atomic mass is 32.2. The first-order valence-electron chi connectivity index (χ1n) is 7.19. The van der Waals surface area contributed by atoms with E-state index in [1.165, 1.54) is 24.3 Å². The summed E-state index contributed by atoms with van der Waals surface area (Å²) in [6, 6.07) is 9.40. The molecule has 5 nitrogen and oxygen atoms in total. The Morgan fingerprint density at radius 3 is 2.20 bits per heavy atom. The van der Waals surface area contributed by atoms with Crippen LogP contribution in [0, 0.1) is 6.92 Å². The maximum absolute atomic E-state index is 12.8. The van der Waals surface area contributed by atoms with Crippen LogP contribution in [0.15, 0.2) is 58.4 Å². The van der Waals surface area contributed by atoms with Crippen molar-refractivity contribution in [1.82, 2.24) is 8.54 Å². The number of aryl methyl sites for hydroxylation is 1. The fourth-order valence-corrected chi connectivity index (χ4v) is 3.88. The third kappa shape index (κ3) is 3.19. The largest absolute Gasteiger partial charge is 0.406 e. The average molecular weight is 370 g/mol. The standard InChI is InChI=1S/C16H13F3N2O3S/c1-11-2-4-12(5-3-11)25(23,24)21-9-8-13-14(21)6-7-15(22)20(13)10-16(17,18)19/h2-9H,10H2,1H3. The number of pyridine rings is 1. The molecule has 132 valence electrons. The van der Waals surface area contributed by atoms with Crippen molar-refractivity contribution >= 4 is 21.1 Å². The van der Waals surface area contributed by atoms with Crippen LogP contribution in [0.3, 0.4) is 0 Å². The summed E-state index contributed by atoms with van der Waals surface area (Å²) in [4.78, 5) is 11.8. The molecule has 25 heavy (non-hydrogen) atoms. The maximum atomic E-state index is 12.8. The molecule has 0 aliphatic rings. The molecule has 3 aromatic rings. The van der Waals surface area contributed by atoms with Crippen molar-refractivity contribution in [3.63, 3.8) is 0 Å². The van der Waals surface area contributed by atoms with E-state index in [0.717, 1.165) is 21.8 Å². The van der Waals surface area contributed by atoms with E-state index in [9.17, 15) is 26.4 Å². The molecule has 0 saturated carbocycles. The second-order valence-electron chi connectivity index (χ2n) is 5.57. The van der Waals surface area contributed by atoms with Gasteiger partial charge in [-0.1, -0.05) is 17.7 Å². The Morgan fingerprint density at radius 2 is 1.60 bits per heavy atom. The van der Waals surface area contributed by atoms with E-state index in [-0.39, 0.29) is 15.9 Å². The molecule has 2 heterocycles. The Balaban J connectivity index is 2.21. The van der Waals surface area contributed by atoms with Crippen molar-refractivity contribution in [3.05, 3.63) is 64.6 Å². The molecular formula is C16H13F3N2O3S. The molecule has 2 aromatic heterocycles. The molecule has 0 amide bonds. The van der Waals surface area contributed by atoms with Gasteiger partial charge < -0.3 is 0 Å². The zero-order valence-electron chi connectivity index (χ0n) is 13.0. The molecule has 0 unspecified atom stereocenters. The van der Waals surface area contributed by atoms with E-state index in [2.05, 4.69) is 0 Å². The number of halogens is 3. The van der Waals surface area contributed by atoms with E-state index < -0.39 is 28.3 Å². The van der Waals surface area contributed by atoms with Gasteiger partial charge in [-0.2, -0.15) is 13.2 Å². The van der Waals surface area contributed by atoms with E-state index in [0.29, 0.717) is 4.57 Å². The average Bonchev–Trinajstić information content (AvgIpc) is 2.94. The highest BCUT2D eigenvalue weighted by Crippen LogP contribution is 2.24. The Morgan fingerprint density at radius 1 is 0.960 bits per heavy atom. The highest BCUT2D eigenvalue weighted by Gasteiger charge is 2.30. The number of benzene rings is 1. The van der Waals surface area contributed by atoms with Gasteiger partial charge in [-0.05, 0) is 31.2 Å². The molecule has 0 aliphatic carbocycles. The monoisotopic (exact) mass is 370 g/mol. The summed E-state index contributed by atoms with van der Waals surface area (Å²) >= 11 is 0. The Bertz CT molecular complexity index is 1090. The second-order valence-corrected chi connectivity index (χ2v) is 7.39. The first kappa shape index (κ1) is 17.3. The number of alkyl halides is 3. The molecule has 9 heteroatoms. The van der Waals surface area contributed by atoms with Crippen LogP contribution < -0.4 is 5.56 Å². The predicted molar refractivity (Wildman–Crippen MR) is 86.0 cm³/mol. The summed E-state index contributed by atoms with van der Waals surface area (Å²) < 4.78 is 65.0. The van der Waals surface area contributed by atoms with Crippen LogP contribution in [0.1, 0.15) is 5.56 Å². The predicted octanol–water partition coefficient (Wildman–Crippen LogP) is 2.91. The minimum atomic E-state index is -4.60. The van der Waals surface area contributed by atoms with Gasteiger partial charge in [0, 0.05) is 12.3 Å². The fourth-order valence-electron chi connectivity index (χ4n) is 2.54. The van der Waals surface area contributed by atoms with Gasteiger partial charge in [0.25, 0.3) is 15.6 Å². The molecule has 0 atom stereocenters. The van der Waals surface area contributed by atoms with Crippen molar-refractivity contribution in [2.45, 2.75) is 24.5 Å². The second kappa shape index (κ2) is 5.76. The molecule has 0 bridgehead atoms. The van der Waals surface area contributed by atoms with Crippen LogP contribution in [-0.2, 0) is 16.6 Å². The Labute approximate surface area is 141 Å². The normalized spacial score (nSPS) is 12.6. The minimum absolute atomic E-state index is 0.00386. The summed E-state index contributed by atoms with van der Waals surface area (Å²) in [5.74, 6) is 0. The SMILES string of the molecule is Cc1ccc(S(=O)(=O)n2ccc3c2ccc(=O)n3CC(F)(F)F)cc1. The van der Waals surface area contributed by atoms with Crippen LogP contribution in [-0.4, -0.2) is 23.1 Å². The van der Waals surface area contributed by atoms with Crippen LogP contribution in [0.4, 0.5) is 13.2 Å². The molecule has 0 spiro atoms. The molecule has 0 N–H and O–H groups in total. The summed E-state index contributed by atoms with van der Waals surface area (Å²) in [7, 11) is -3.99. The van der Waals surface area contributed by atoms with Crippen LogP contribution in [0.25, 0.3) is 11.0 Å². The number of hydrogen-bond donors (Lipinski definition) is 0. The zero-order chi connectivity index (χ0) is 18.4. The molecule has 3 rings (SSSR count). The Kier molecular flexibility index (Phi) is 3.98. The topological polar surface area (TPSA) is 61.1 Å². The third-order valence-electron chi connectivity index (χ3n) is 3.72. The number of nitrogens with zero attached hydrogens (tertiary/aromatic N) is 2. The summed E-state index contributed by atoms with van der Waals surface area (Å²) in [5, 5.41) is 0. The van der Waals surface area contributed by atoms with Crippen molar-refractivity contribution in [1.29, 1.82) is 0 Å². The van der Waals surface area contributed by atoms with E-state index >= 15 is 0 Å². The quantitative estimate of drug-likeness (QED) is 0.712. The van der Waals surface area contributed by atoms with Crippen LogP contribution in [0.2, 0.25) is 0 Å². The lowest BCUT2D eigenvalue weighted by Crippen LogP contribution is -2.27. The molecule has 0 aliphatic heterocycles. The van der Waals surface area contributed by atoms with Gasteiger partial charge in [0.15, 0.2) is 0 Å². The van der Waals surface area contributed by atoms with Crippen LogP contribution >= 0.6 is 0 Å². The zero-order valence-corrected chi connectivity index (χ0v) is 13.8. The summed E-state index contributed by atoms with van der Waals surface area (Å²) in [5.41, 5.74) is -0.0735. The van der Waals surface area contributed by atoms with Crippen molar-refractivity contribution < 1.29 is 21.6 Å². The van der Waals surface area contributed by atoms with Gasteiger partial charge in [-0.25, -0.2) is 12.4 Å². The molecule has 1 aromatic carbocycles. The molecule has 0 saturated heterocycles. The lowest BCUT2D eigenvalue weighted by atomic mass is 10.2. The lowest BCUT2D eigenvalue weighted by Gasteiger charge is -2.12. The van der Waals surface area contributed by atoms with Gasteiger partial charge in [0.2, 0.25) is 0 Å². The number of hydrogen-bond acceptors (Lipinski definition) is 3. The highest BCUT2D eigenvalue weighted by molar-refractivity contribution is 7.90. The number of rotatable bonds is 3. The first-order chi connectivity index (χ1) is 11.6. The lowest BCUT2D eigenvalue weighted by molar-refractivity contribution is -0.140. The van der Waals surface area contributed by atoms with Crippen LogP contribution in [0.5, 0.6) is 0 Å². The van der Waals surface area contributed by atoms with Crippen molar-refractivity contribution in [2.24, 2.45) is 0 Å². The van der Waals surface area contributed by atoms with Gasteiger partial charge in [-0.3, -0.25) is 9.36 Å². The van der Waals surface area contributed by atoms with E-state index in [1.54, 1.807) is 19.1 Å². The number of aromatic nitrogens is 2. The van der Waals surface area contributed by atoms with Gasteiger partial charge in [0.1, 0.15) is 6.54 Å². The van der Waals surface area contributed by atoms with E-state index in [4.69, 9.17) is 0 Å². The van der Waals surface area contributed by atoms with Gasteiger partial charge >= 0.3 is 6.18 Å². The molecule has 0 fully saturated rings. The first-order valence-corrected chi connectivity index (χ1v) is 8.63. The third-order valence-corrected chi connectivity index (χ3v) is 5.43. The summed E-state index contributed by atoms with van der Waals surface area (Å²) in [6.07, 6.45) is -3.46. The molecule has 0 radical (unpaired) electrons. The van der Waals surface area contributed by atoms with Crippen molar-refractivity contribution in [2.75, 3.05) is 0 Å². The summed E-state index contributed by atoms with van der Waals surface area (Å²) in [6.45, 7) is 0.315. The Hall–Kier alpha value is -2.55. The smallest absolute Gasteiger partial charge is 0.298 e. The van der Waals surface area contributed by atoms with E-state index in [1.807, 2.05) is 0 Å². The molecular weight excluding hydrogens is 357 g/mol. The maximum Gasteiger partial charge on any atom is 0.406 e. The fraction of sp³-hybridized carbons (Fsp3) is 0.188.